The van der Waals surface area contributed by atoms with Crippen molar-refractivity contribution < 1.29 is 13.2 Å². The van der Waals surface area contributed by atoms with Gasteiger partial charge in [-0.25, -0.2) is 9.97 Å². The molecule has 9 heteroatoms. The summed E-state index contributed by atoms with van der Waals surface area (Å²) in [6, 6.07) is 8.08. The molecule has 0 bridgehead atoms. The predicted octanol–water partition coefficient (Wildman–Crippen LogP) is 5.55. The van der Waals surface area contributed by atoms with Crippen LogP contribution in [0.5, 0.6) is 0 Å². The van der Waals surface area contributed by atoms with Crippen molar-refractivity contribution in [1.29, 1.82) is 0 Å². The number of nitrogens with one attached hydrogen (secondary N) is 1. The normalized spacial score (nSPS) is 22.3. The lowest BCUT2D eigenvalue weighted by Gasteiger charge is -2.32. The summed E-state index contributed by atoms with van der Waals surface area (Å²) in [6.45, 7) is 8.68. The number of hydrogen-bond donors (Lipinski definition) is 1. The third-order valence-corrected chi connectivity index (χ3v) is 6.62. The van der Waals surface area contributed by atoms with Crippen LogP contribution in [-0.2, 0) is 12.0 Å². The maximum atomic E-state index is 13.4. The Kier molecular flexibility index (Phi) is 7.03. The van der Waals surface area contributed by atoms with Gasteiger partial charge in [0.1, 0.15) is 0 Å². The molecule has 1 aromatic carbocycles. The molecule has 34 heavy (non-hydrogen) atoms. The van der Waals surface area contributed by atoms with Crippen molar-refractivity contribution >= 4 is 23.2 Å². The van der Waals surface area contributed by atoms with Crippen molar-refractivity contribution in [2.24, 2.45) is 0 Å². The number of likely N-dealkylation sites (N-methyl/N-ethyl adjacent to an activating group) is 1. The van der Waals surface area contributed by atoms with Gasteiger partial charge < -0.3 is 10.2 Å². The standard InChI is InChI=1S/C25H29ClF3N5/c1-17-15-30-23(32-22(17)24(2)13-19(25(27,28)29)12-20(26)14-24)31-21-6-4-18(5-7-21)16-34-10-8-33(3)9-11-34/h4-7,12-13,15H,8-11,14,16H2,1-3H3,(H,30,31,32)/t24-/m0/s1. The zero-order chi connectivity index (χ0) is 24.5. The monoisotopic (exact) mass is 491 g/mol. The third-order valence-electron chi connectivity index (χ3n) is 6.37. The van der Waals surface area contributed by atoms with Gasteiger partial charge in [-0.05, 0) is 49.7 Å². The van der Waals surface area contributed by atoms with Crippen molar-refractivity contribution in [1.82, 2.24) is 19.8 Å². The lowest BCUT2D eigenvalue weighted by molar-refractivity contribution is -0.0891. The van der Waals surface area contributed by atoms with Crippen molar-refractivity contribution in [3.63, 3.8) is 0 Å². The van der Waals surface area contributed by atoms with Gasteiger partial charge in [-0.2, -0.15) is 13.2 Å². The Morgan fingerprint density at radius 1 is 1.12 bits per heavy atom. The number of aryl methyl sites for hydroxylation is 1. The SMILES string of the molecule is Cc1cnc(Nc2ccc(CN3CCN(C)CC3)cc2)nc1[C@@]1(C)C=C(C(F)(F)F)C=C(Cl)C1. The topological polar surface area (TPSA) is 44.3 Å². The van der Waals surface area contributed by atoms with E-state index in [1.807, 2.05) is 12.1 Å². The Bertz CT molecular complexity index is 1090. The molecule has 1 fully saturated rings. The van der Waals surface area contributed by atoms with Crippen molar-refractivity contribution in [2.75, 3.05) is 38.5 Å². The predicted molar refractivity (Wildman–Crippen MR) is 129 cm³/mol. The molecule has 0 radical (unpaired) electrons. The maximum absolute atomic E-state index is 13.4. The van der Waals surface area contributed by atoms with Gasteiger partial charge in [0.05, 0.1) is 11.3 Å². The molecular weight excluding hydrogens is 463 g/mol. The summed E-state index contributed by atoms with van der Waals surface area (Å²) in [5.41, 5.74) is 1.52. The second-order valence-electron chi connectivity index (χ2n) is 9.41. The van der Waals surface area contributed by atoms with Gasteiger partial charge in [0.25, 0.3) is 0 Å². The first-order chi connectivity index (χ1) is 16.0. The molecule has 2 aliphatic rings. The van der Waals surface area contributed by atoms with Crippen LogP contribution in [0.3, 0.4) is 0 Å². The molecular formula is C25H29ClF3N5. The van der Waals surface area contributed by atoms with Crippen LogP contribution in [0.4, 0.5) is 24.8 Å². The van der Waals surface area contributed by atoms with E-state index in [0.717, 1.165) is 44.5 Å². The molecule has 1 aliphatic heterocycles. The van der Waals surface area contributed by atoms with E-state index in [4.69, 9.17) is 11.6 Å². The number of anilines is 2. The molecule has 0 saturated carbocycles. The Morgan fingerprint density at radius 3 is 2.44 bits per heavy atom. The first-order valence-electron chi connectivity index (χ1n) is 11.3. The van der Waals surface area contributed by atoms with Crippen LogP contribution in [0, 0.1) is 6.92 Å². The Balaban J connectivity index is 1.50. The number of rotatable bonds is 5. The second-order valence-corrected chi connectivity index (χ2v) is 9.89. The molecule has 5 nitrogen and oxygen atoms in total. The lowest BCUT2D eigenvalue weighted by Crippen LogP contribution is -2.43. The summed E-state index contributed by atoms with van der Waals surface area (Å²) in [5.74, 6) is 0.335. The average molecular weight is 492 g/mol. The molecule has 0 amide bonds. The van der Waals surface area contributed by atoms with Gasteiger partial charge in [0, 0.05) is 55.1 Å². The van der Waals surface area contributed by atoms with Crippen LogP contribution in [0.1, 0.15) is 30.2 Å². The maximum Gasteiger partial charge on any atom is 0.416 e. The highest BCUT2D eigenvalue weighted by atomic mass is 35.5. The van der Waals surface area contributed by atoms with Gasteiger partial charge in [-0.3, -0.25) is 4.90 Å². The smallest absolute Gasteiger partial charge is 0.324 e. The van der Waals surface area contributed by atoms with Crippen LogP contribution < -0.4 is 5.32 Å². The zero-order valence-electron chi connectivity index (χ0n) is 19.6. The Hall–Kier alpha value is -2.42. The number of allylic oxidation sites excluding steroid dienone is 4. The van der Waals surface area contributed by atoms with E-state index in [-0.39, 0.29) is 11.5 Å². The fourth-order valence-corrected chi connectivity index (χ4v) is 4.88. The van der Waals surface area contributed by atoms with Gasteiger partial charge in [-0.1, -0.05) is 36.7 Å². The van der Waals surface area contributed by atoms with Gasteiger partial charge >= 0.3 is 6.18 Å². The fraction of sp³-hybridized carbons (Fsp3) is 0.440. The number of aromatic nitrogens is 2. The van der Waals surface area contributed by atoms with E-state index in [0.29, 0.717) is 17.2 Å². The third kappa shape index (κ3) is 5.79. The summed E-state index contributed by atoms with van der Waals surface area (Å²) < 4.78 is 40.3. The van der Waals surface area contributed by atoms with Crippen LogP contribution in [-0.4, -0.2) is 59.2 Å². The second kappa shape index (κ2) is 9.68. The van der Waals surface area contributed by atoms with E-state index in [1.165, 1.54) is 11.6 Å². The minimum atomic E-state index is -4.48. The highest BCUT2D eigenvalue weighted by Crippen LogP contribution is 2.43. The number of nitrogens with zero attached hydrogens (tertiary/aromatic N) is 4. The molecule has 2 heterocycles. The van der Waals surface area contributed by atoms with Gasteiger partial charge in [-0.15, -0.1) is 0 Å². The van der Waals surface area contributed by atoms with Crippen molar-refractivity contribution in [3.05, 3.63) is 70.0 Å². The van der Waals surface area contributed by atoms with Crippen LogP contribution >= 0.6 is 11.6 Å². The van der Waals surface area contributed by atoms with Crippen molar-refractivity contribution in [3.8, 4) is 0 Å². The molecule has 0 spiro atoms. The van der Waals surface area contributed by atoms with Gasteiger partial charge in [0.2, 0.25) is 5.95 Å². The molecule has 182 valence electrons. The van der Waals surface area contributed by atoms with Crippen molar-refractivity contribution in [2.45, 2.75) is 38.4 Å². The summed E-state index contributed by atoms with van der Waals surface area (Å²) >= 11 is 6.12. The van der Waals surface area contributed by atoms with E-state index in [2.05, 4.69) is 44.3 Å². The number of alkyl halides is 3. The molecule has 1 aliphatic carbocycles. The van der Waals surface area contributed by atoms with E-state index in [1.54, 1.807) is 20.0 Å². The molecule has 1 aromatic heterocycles. The highest BCUT2D eigenvalue weighted by Gasteiger charge is 2.40. The van der Waals surface area contributed by atoms with Gasteiger partial charge in [0.15, 0.2) is 0 Å². The highest BCUT2D eigenvalue weighted by molar-refractivity contribution is 6.30. The minimum absolute atomic E-state index is 0.154. The number of hydrogen-bond acceptors (Lipinski definition) is 5. The molecule has 1 N–H and O–H groups in total. The van der Waals surface area contributed by atoms with E-state index < -0.39 is 17.2 Å². The molecule has 0 unspecified atom stereocenters. The summed E-state index contributed by atoms with van der Waals surface area (Å²) in [7, 11) is 2.14. The number of benzene rings is 1. The first-order valence-corrected chi connectivity index (χ1v) is 11.7. The quantitative estimate of drug-likeness (QED) is 0.594. The summed E-state index contributed by atoms with van der Waals surface area (Å²) in [4.78, 5) is 13.7. The lowest BCUT2D eigenvalue weighted by atomic mass is 9.77. The number of halogens is 4. The average Bonchev–Trinajstić information content (AvgIpc) is 2.77. The summed E-state index contributed by atoms with van der Waals surface area (Å²) in [5, 5.41) is 3.34. The first kappa shape index (κ1) is 24.7. The fourth-order valence-electron chi connectivity index (χ4n) is 4.49. The zero-order valence-corrected chi connectivity index (χ0v) is 20.3. The Labute approximate surface area is 203 Å². The van der Waals surface area contributed by atoms with E-state index >= 15 is 0 Å². The molecule has 1 atom stereocenters. The van der Waals surface area contributed by atoms with Crippen LogP contribution in [0.2, 0.25) is 0 Å². The van der Waals surface area contributed by atoms with Crippen LogP contribution in [0.25, 0.3) is 0 Å². The largest absolute Gasteiger partial charge is 0.416 e. The molecule has 4 rings (SSSR count). The van der Waals surface area contributed by atoms with Crippen LogP contribution in [0.15, 0.2) is 53.2 Å². The summed E-state index contributed by atoms with van der Waals surface area (Å²) in [6.07, 6.45) is -0.402. The molecule has 2 aromatic rings. The minimum Gasteiger partial charge on any atom is -0.324 e. The van der Waals surface area contributed by atoms with E-state index in [9.17, 15) is 13.2 Å². The number of piperazine rings is 1. The Morgan fingerprint density at radius 2 is 1.79 bits per heavy atom. The molecule has 1 saturated heterocycles.